The van der Waals surface area contributed by atoms with Crippen LogP contribution in [-0.2, 0) is 31.1 Å². The molecule has 9 aromatic rings. The number of anilines is 3. The van der Waals surface area contributed by atoms with Crippen LogP contribution in [0.5, 0.6) is 0 Å². The van der Waals surface area contributed by atoms with E-state index in [2.05, 4.69) is 217 Å². The number of hydrogen-bond donors (Lipinski definition) is 0. The van der Waals surface area contributed by atoms with Crippen LogP contribution in [-0.4, -0.2) is 0 Å². The van der Waals surface area contributed by atoms with Crippen molar-refractivity contribution < 1.29 is 0 Å². The average Bonchev–Trinajstić information content (AvgIpc) is 3.68. The van der Waals surface area contributed by atoms with E-state index >= 15 is 0 Å². The summed E-state index contributed by atoms with van der Waals surface area (Å²) >= 11 is 0. The molecule has 64 heavy (non-hydrogen) atoms. The summed E-state index contributed by atoms with van der Waals surface area (Å²) in [5, 5.41) is 0. The molecule has 0 saturated heterocycles. The molecule has 308 valence electrons. The molecule has 12 rings (SSSR count). The molecule has 0 radical (unpaired) electrons. The second kappa shape index (κ2) is 16.2. The van der Waals surface area contributed by atoms with Gasteiger partial charge in [-0.15, -0.1) is 0 Å². The Labute approximate surface area is 378 Å². The predicted molar refractivity (Wildman–Crippen MR) is 268 cm³/mol. The monoisotopic (exact) mass is 821 g/mol. The molecule has 0 amide bonds. The first-order chi connectivity index (χ1) is 31.8. The highest BCUT2D eigenvalue weighted by atomic mass is 15.1. The SMILES string of the molecule is c1ccc(-c2ccc(N(c3ccc(-c4ccccc4)cc3)c3c4c(c(-c5ccc6c(c5)C(c5ccccc5)(c5ccccc5)c5ccccc5-6)c5c3CCCC5)CCCC4)cc2)cc1. The third kappa shape index (κ3) is 6.28. The van der Waals surface area contributed by atoms with Crippen LogP contribution in [0.2, 0.25) is 0 Å². The van der Waals surface area contributed by atoms with Crippen LogP contribution in [0.25, 0.3) is 44.5 Å². The van der Waals surface area contributed by atoms with Crippen molar-refractivity contribution in [2.24, 2.45) is 0 Å². The highest BCUT2D eigenvalue weighted by Crippen LogP contribution is 2.58. The Bertz CT molecular complexity index is 2950. The molecule has 0 fully saturated rings. The lowest BCUT2D eigenvalue weighted by atomic mass is 9.67. The predicted octanol–water partition coefficient (Wildman–Crippen LogP) is 16.3. The van der Waals surface area contributed by atoms with Gasteiger partial charge >= 0.3 is 0 Å². The molecule has 1 nitrogen and oxygen atoms in total. The summed E-state index contributed by atoms with van der Waals surface area (Å²) in [5.41, 5.74) is 25.6. The summed E-state index contributed by atoms with van der Waals surface area (Å²) in [6, 6.07) is 79.5. The second-order valence-electron chi connectivity index (χ2n) is 18.0. The van der Waals surface area contributed by atoms with Crippen molar-refractivity contribution in [2.45, 2.75) is 56.8 Å². The van der Waals surface area contributed by atoms with Crippen molar-refractivity contribution in [3.8, 4) is 44.5 Å². The molecule has 0 heterocycles. The van der Waals surface area contributed by atoms with Crippen molar-refractivity contribution in [2.75, 3.05) is 4.90 Å². The van der Waals surface area contributed by atoms with Gasteiger partial charge in [-0.25, -0.2) is 0 Å². The van der Waals surface area contributed by atoms with E-state index in [1.165, 1.54) is 110 Å². The molecule has 3 aliphatic carbocycles. The molecule has 0 unspecified atom stereocenters. The van der Waals surface area contributed by atoms with E-state index in [0.29, 0.717) is 0 Å². The van der Waals surface area contributed by atoms with Gasteiger partial charge in [0, 0.05) is 11.4 Å². The summed E-state index contributed by atoms with van der Waals surface area (Å²) in [7, 11) is 0. The topological polar surface area (TPSA) is 3.24 Å². The molecule has 0 spiro atoms. The van der Waals surface area contributed by atoms with E-state index in [1.807, 2.05) is 0 Å². The van der Waals surface area contributed by atoms with E-state index in [9.17, 15) is 0 Å². The average molecular weight is 822 g/mol. The Morgan fingerprint density at radius 2 is 0.703 bits per heavy atom. The number of fused-ring (bicyclic) bond motifs is 5. The first kappa shape index (κ1) is 38.5. The van der Waals surface area contributed by atoms with Gasteiger partial charge in [0.15, 0.2) is 0 Å². The van der Waals surface area contributed by atoms with Crippen molar-refractivity contribution in [1.82, 2.24) is 0 Å². The zero-order valence-electron chi connectivity index (χ0n) is 36.3. The maximum Gasteiger partial charge on any atom is 0.0713 e. The Balaban J connectivity index is 1.09. The van der Waals surface area contributed by atoms with Crippen LogP contribution in [0, 0.1) is 0 Å². The van der Waals surface area contributed by atoms with Crippen LogP contribution in [0.1, 0.15) is 70.2 Å². The molecule has 0 N–H and O–H groups in total. The molecule has 0 aliphatic heterocycles. The highest BCUT2D eigenvalue weighted by molar-refractivity contribution is 5.92. The van der Waals surface area contributed by atoms with Gasteiger partial charge in [-0.05, 0) is 171 Å². The van der Waals surface area contributed by atoms with Crippen molar-refractivity contribution in [3.63, 3.8) is 0 Å². The lowest BCUT2D eigenvalue weighted by molar-refractivity contribution is 0.661. The van der Waals surface area contributed by atoms with Gasteiger partial charge in [-0.3, -0.25) is 0 Å². The summed E-state index contributed by atoms with van der Waals surface area (Å²) in [5.74, 6) is 0. The van der Waals surface area contributed by atoms with E-state index in [0.717, 1.165) is 25.7 Å². The Hall–Kier alpha value is -7.22. The second-order valence-corrected chi connectivity index (χ2v) is 18.0. The van der Waals surface area contributed by atoms with Gasteiger partial charge in [-0.2, -0.15) is 0 Å². The minimum absolute atomic E-state index is 0.431. The molecule has 0 aromatic heterocycles. The summed E-state index contributed by atoms with van der Waals surface area (Å²) in [6.07, 6.45) is 9.19. The molecule has 1 heteroatoms. The molecular formula is C63H51N. The largest absolute Gasteiger partial charge is 0.310 e. The minimum atomic E-state index is -0.431. The van der Waals surface area contributed by atoms with Gasteiger partial charge in [0.25, 0.3) is 0 Å². The van der Waals surface area contributed by atoms with Gasteiger partial charge in [0.2, 0.25) is 0 Å². The zero-order valence-corrected chi connectivity index (χ0v) is 36.3. The summed E-state index contributed by atoms with van der Waals surface area (Å²) in [4.78, 5) is 2.64. The van der Waals surface area contributed by atoms with Gasteiger partial charge in [0.1, 0.15) is 0 Å². The molecule has 0 bridgehead atoms. The molecule has 3 aliphatic rings. The maximum atomic E-state index is 2.64. The number of rotatable bonds is 8. The fourth-order valence-electron chi connectivity index (χ4n) is 11.7. The fourth-order valence-corrected chi connectivity index (χ4v) is 11.7. The van der Waals surface area contributed by atoms with Gasteiger partial charge in [0.05, 0.1) is 11.1 Å². The molecular weight excluding hydrogens is 771 g/mol. The fraction of sp³-hybridized carbons (Fsp3) is 0.143. The molecule has 0 atom stereocenters. The third-order valence-corrected chi connectivity index (χ3v) is 14.5. The van der Waals surface area contributed by atoms with Crippen LogP contribution < -0.4 is 4.90 Å². The van der Waals surface area contributed by atoms with E-state index in [-0.39, 0.29) is 0 Å². The normalized spacial score (nSPS) is 14.5. The lowest BCUT2D eigenvalue weighted by Gasteiger charge is -2.37. The van der Waals surface area contributed by atoms with Crippen LogP contribution in [0.3, 0.4) is 0 Å². The minimum Gasteiger partial charge on any atom is -0.310 e. The van der Waals surface area contributed by atoms with E-state index in [4.69, 9.17) is 0 Å². The van der Waals surface area contributed by atoms with Crippen LogP contribution in [0.15, 0.2) is 212 Å². The number of benzene rings is 9. The van der Waals surface area contributed by atoms with Crippen molar-refractivity contribution in [3.05, 3.63) is 257 Å². The standard InChI is InChI=1S/C63H51N/c1-5-19-44(20-6-1)46-33-38-51(39-34-46)64(52-40-35-47(36-41-52)45-21-7-2-8-22-45)62-57-30-15-13-28-55(57)61(56-29-14-16-31-58(56)62)48-37-42-54-53-27-17-18-32-59(53)63(60(54)43-48,49-23-9-3-10-24-49)50-25-11-4-12-26-50/h1-12,17-27,32-43H,13-16,28-31H2. The smallest absolute Gasteiger partial charge is 0.0713 e. The highest BCUT2D eigenvalue weighted by Gasteiger charge is 2.46. The Morgan fingerprint density at radius 3 is 1.20 bits per heavy atom. The third-order valence-electron chi connectivity index (χ3n) is 14.5. The summed E-state index contributed by atoms with van der Waals surface area (Å²) < 4.78 is 0. The quantitative estimate of drug-likeness (QED) is 0.148. The summed E-state index contributed by atoms with van der Waals surface area (Å²) in [6.45, 7) is 0. The lowest BCUT2D eigenvalue weighted by Crippen LogP contribution is -2.28. The zero-order chi connectivity index (χ0) is 42.5. The first-order valence-corrected chi connectivity index (χ1v) is 23.4. The number of hydrogen-bond acceptors (Lipinski definition) is 1. The molecule has 0 saturated carbocycles. The molecule has 9 aromatic carbocycles. The van der Waals surface area contributed by atoms with E-state index < -0.39 is 5.41 Å². The van der Waals surface area contributed by atoms with Crippen molar-refractivity contribution >= 4 is 17.1 Å². The van der Waals surface area contributed by atoms with Crippen LogP contribution >= 0.6 is 0 Å². The van der Waals surface area contributed by atoms with Crippen molar-refractivity contribution in [1.29, 1.82) is 0 Å². The van der Waals surface area contributed by atoms with Gasteiger partial charge in [-0.1, -0.05) is 182 Å². The van der Waals surface area contributed by atoms with Gasteiger partial charge < -0.3 is 4.90 Å². The maximum absolute atomic E-state index is 2.64. The first-order valence-electron chi connectivity index (χ1n) is 23.4. The Morgan fingerprint density at radius 1 is 0.312 bits per heavy atom. The van der Waals surface area contributed by atoms with Crippen LogP contribution in [0.4, 0.5) is 17.1 Å². The Kier molecular flexibility index (Phi) is 9.71. The van der Waals surface area contributed by atoms with E-state index in [1.54, 1.807) is 22.3 Å². The number of nitrogens with zero attached hydrogens (tertiary/aromatic N) is 1.